The Morgan fingerprint density at radius 1 is 1.44 bits per heavy atom. The molecule has 2 aromatic heterocycles. The number of nitrogens with zero attached hydrogens (tertiary/aromatic N) is 3. The summed E-state index contributed by atoms with van der Waals surface area (Å²) in [6, 6.07) is 1.95. The van der Waals surface area contributed by atoms with Gasteiger partial charge in [0.2, 0.25) is 11.8 Å². The number of thiophene rings is 1. The van der Waals surface area contributed by atoms with Crippen LogP contribution in [0.2, 0.25) is 0 Å². The molecule has 0 amide bonds. The van der Waals surface area contributed by atoms with E-state index in [0.29, 0.717) is 12.5 Å². The highest BCUT2D eigenvalue weighted by atomic mass is 32.1. The summed E-state index contributed by atoms with van der Waals surface area (Å²) >= 11 is 1.53. The third-order valence-corrected chi connectivity index (χ3v) is 2.89. The highest BCUT2D eigenvalue weighted by Gasteiger charge is 2.08. The predicted molar refractivity (Wildman–Crippen MR) is 65.9 cm³/mol. The molecule has 0 bridgehead atoms. The van der Waals surface area contributed by atoms with Gasteiger partial charge in [-0.1, -0.05) is 0 Å². The Balaban J connectivity index is 2.19. The molecule has 0 saturated carbocycles. The molecule has 0 spiro atoms. The van der Waals surface area contributed by atoms with Gasteiger partial charge in [-0.05, 0) is 25.5 Å². The third-order valence-electron chi connectivity index (χ3n) is 2.08. The number of rotatable bonds is 4. The van der Waals surface area contributed by atoms with Crippen molar-refractivity contribution in [3.8, 4) is 5.88 Å². The minimum absolute atomic E-state index is 0.259. The number of anilines is 1. The van der Waals surface area contributed by atoms with Crippen LogP contribution in [0.4, 0.5) is 5.95 Å². The van der Waals surface area contributed by atoms with Gasteiger partial charge in [0.15, 0.2) is 0 Å². The molecular formula is C10H14N4OS. The van der Waals surface area contributed by atoms with Gasteiger partial charge in [0.25, 0.3) is 0 Å². The summed E-state index contributed by atoms with van der Waals surface area (Å²) in [5, 5.41) is 2.88. The lowest BCUT2D eigenvalue weighted by molar-refractivity contribution is 0.256. The summed E-state index contributed by atoms with van der Waals surface area (Å²) < 4.78 is 5.60. The minimum atomic E-state index is 0.259. The smallest absolute Gasteiger partial charge is 0.227 e. The van der Waals surface area contributed by atoms with Crippen molar-refractivity contribution in [2.45, 2.75) is 0 Å². The first-order chi connectivity index (χ1) is 7.66. The van der Waals surface area contributed by atoms with Crippen LogP contribution in [0, 0.1) is 0 Å². The van der Waals surface area contributed by atoms with E-state index in [-0.39, 0.29) is 5.95 Å². The highest BCUT2D eigenvalue weighted by Crippen LogP contribution is 2.27. The molecule has 0 fully saturated rings. The topological polar surface area (TPSA) is 64.3 Å². The zero-order valence-corrected chi connectivity index (χ0v) is 10.1. The van der Waals surface area contributed by atoms with Crippen molar-refractivity contribution in [3.63, 3.8) is 0 Å². The van der Waals surface area contributed by atoms with E-state index in [4.69, 9.17) is 10.5 Å². The molecule has 0 atom stereocenters. The molecule has 0 saturated heterocycles. The van der Waals surface area contributed by atoms with Gasteiger partial charge >= 0.3 is 0 Å². The Bertz CT molecular complexity index is 483. The lowest BCUT2D eigenvalue weighted by atomic mass is 10.4. The summed E-state index contributed by atoms with van der Waals surface area (Å²) in [6.45, 7) is 1.43. The molecule has 0 radical (unpaired) electrons. The number of hydrogen-bond donors (Lipinski definition) is 1. The van der Waals surface area contributed by atoms with Gasteiger partial charge in [-0.3, -0.25) is 0 Å². The van der Waals surface area contributed by atoms with Crippen molar-refractivity contribution in [3.05, 3.63) is 11.4 Å². The van der Waals surface area contributed by atoms with E-state index in [2.05, 4.69) is 14.9 Å². The maximum absolute atomic E-state index is 5.61. The van der Waals surface area contributed by atoms with Crippen LogP contribution < -0.4 is 10.5 Å². The van der Waals surface area contributed by atoms with Crippen molar-refractivity contribution in [2.24, 2.45) is 0 Å². The molecule has 6 heteroatoms. The van der Waals surface area contributed by atoms with E-state index in [1.807, 2.05) is 25.5 Å². The van der Waals surface area contributed by atoms with Gasteiger partial charge in [0, 0.05) is 6.54 Å². The molecule has 2 rings (SSSR count). The molecule has 0 aliphatic carbocycles. The van der Waals surface area contributed by atoms with Crippen LogP contribution in [0.3, 0.4) is 0 Å². The molecule has 0 aliphatic rings. The van der Waals surface area contributed by atoms with Crippen LogP contribution in [0.5, 0.6) is 5.88 Å². The number of ether oxygens (including phenoxy) is 1. The second-order valence-electron chi connectivity index (χ2n) is 3.68. The predicted octanol–water partition coefficient (Wildman–Crippen LogP) is 1.21. The number of likely N-dealkylation sites (N-methyl/N-ethyl adjacent to an activating group) is 1. The number of fused-ring (bicyclic) bond motifs is 1. The van der Waals surface area contributed by atoms with E-state index in [1.165, 1.54) is 11.3 Å². The minimum Gasteiger partial charge on any atom is -0.476 e. The average Bonchev–Trinajstić information content (AvgIpc) is 2.64. The van der Waals surface area contributed by atoms with Crippen LogP contribution in [-0.2, 0) is 0 Å². The standard InChI is InChI=1S/C10H14N4OS/c1-14(2)4-5-15-8-7-3-6-16-9(7)13-10(11)12-8/h3,6H,4-5H2,1-2H3,(H2,11,12,13). The maximum atomic E-state index is 5.61. The van der Waals surface area contributed by atoms with E-state index < -0.39 is 0 Å². The van der Waals surface area contributed by atoms with Gasteiger partial charge in [-0.15, -0.1) is 11.3 Å². The van der Waals surface area contributed by atoms with Crippen molar-refractivity contribution in [1.29, 1.82) is 0 Å². The van der Waals surface area contributed by atoms with Gasteiger partial charge in [0.05, 0.1) is 5.39 Å². The molecule has 16 heavy (non-hydrogen) atoms. The summed E-state index contributed by atoms with van der Waals surface area (Å²) in [5.74, 6) is 0.834. The third kappa shape index (κ3) is 2.40. The second-order valence-corrected chi connectivity index (χ2v) is 4.57. The van der Waals surface area contributed by atoms with Gasteiger partial charge in [0.1, 0.15) is 11.4 Å². The largest absolute Gasteiger partial charge is 0.476 e. The monoisotopic (exact) mass is 238 g/mol. The SMILES string of the molecule is CN(C)CCOc1nc(N)nc2sccc12. The first kappa shape index (κ1) is 11.1. The van der Waals surface area contributed by atoms with Crippen molar-refractivity contribution in [1.82, 2.24) is 14.9 Å². The van der Waals surface area contributed by atoms with Crippen LogP contribution in [0.15, 0.2) is 11.4 Å². The zero-order valence-electron chi connectivity index (χ0n) is 9.30. The summed E-state index contributed by atoms with van der Waals surface area (Å²) in [6.07, 6.45) is 0. The molecule has 2 aromatic rings. The van der Waals surface area contributed by atoms with Crippen LogP contribution in [0.25, 0.3) is 10.2 Å². The number of hydrogen-bond acceptors (Lipinski definition) is 6. The Labute approximate surface area is 97.9 Å². The van der Waals surface area contributed by atoms with Crippen LogP contribution in [-0.4, -0.2) is 42.1 Å². The summed E-state index contributed by atoms with van der Waals surface area (Å²) in [4.78, 5) is 11.2. The Kier molecular flexibility index (Phi) is 3.21. The molecule has 86 valence electrons. The van der Waals surface area contributed by atoms with Crippen molar-refractivity contribution in [2.75, 3.05) is 33.0 Å². The normalized spacial score (nSPS) is 11.2. The molecule has 2 heterocycles. The first-order valence-electron chi connectivity index (χ1n) is 4.95. The Morgan fingerprint density at radius 2 is 2.25 bits per heavy atom. The van der Waals surface area contributed by atoms with Crippen LogP contribution >= 0.6 is 11.3 Å². The fourth-order valence-corrected chi connectivity index (χ4v) is 2.04. The van der Waals surface area contributed by atoms with E-state index in [9.17, 15) is 0 Å². The Hall–Kier alpha value is -1.40. The quantitative estimate of drug-likeness (QED) is 0.867. The number of aromatic nitrogens is 2. The zero-order chi connectivity index (χ0) is 11.5. The summed E-state index contributed by atoms with van der Waals surface area (Å²) in [7, 11) is 4.00. The Morgan fingerprint density at radius 3 is 3.00 bits per heavy atom. The van der Waals surface area contributed by atoms with Crippen molar-refractivity contribution < 1.29 is 4.74 Å². The first-order valence-corrected chi connectivity index (χ1v) is 5.83. The lowest BCUT2D eigenvalue weighted by Crippen LogP contribution is -2.19. The summed E-state index contributed by atoms with van der Waals surface area (Å²) in [5.41, 5.74) is 5.61. The maximum Gasteiger partial charge on any atom is 0.227 e. The molecule has 0 aliphatic heterocycles. The molecule has 5 nitrogen and oxygen atoms in total. The number of nitrogens with two attached hydrogens (primary N) is 1. The fourth-order valence-electron chi connectivity index (χ4n) is 1.28. The lowest BCUT2D eigenvalue weighted by Gasteiger charge is -2.10. The van der Waals surface area contributed by atoms with E-state index in [1.54, 1.807) is 0 Å². The van der Waals surface area contributed by atoms with Crippen molar-refractivity contribution >= 4 is 27.5 Å². The van der Waals surface area contributed by atoms with E-state index >= 15 is 0 Å². The van der Waals surface area contributed by atoms with Gasteiger partial charge in [-0.2, -0.15) is 4.98 Å². The van der Waals surface area contributed by atoms with Gasteiger partial charge in [-0.25, -0.2) is 4.98 Å². The fraction of sp³-hybridized carbons (Fsp3) is 0.400. The van der Waals surface area contributed by atoms with E-state index in [0.717, 1.165) is 16.8 Å². The molecule has 2 N–H and O–H groups in total. The van der Waals surface area contributed by atoms with Crippen LogP contribution in [0.1, 0.15) is 0 Å². The number of nitrogen functional groups attached to an aromatic ring is 1. The molecule has 0 aromatic carbocycles. The highest BCUT2D eigenvalue weighted by molar-refractivity contribution is 7.16. The van der Waals surface area contributed by atoms with Gasteiger partial charge < -0.3 is 15.4 Å². The molecule has 0 unspecified atom stereocenters. The second kappa shape index (κ2) is 4.63. The average molecular weight is 238 g/mol. The molecular weight excluding hydrogens is 224 g/mol.